The van der Waals surface area contributed by atoms with Crippen molar-refractivity contribution in [1.82, 2.24) is 4.90 Å². The minimum atomic E-state index is -0.193. The van der Waals surface area contributed by atoms with Crippen molar-refractivity contribution >= 4 is 5.91 Å². The molecule has 1 aromatic rings. The zero-order chi connectivity index (χ0) is 15.2. The molecule has 0 atom stereocenters. The lowest BCUT2D eigenvalue weighted by molar-refractivity contribution is 0.0706. The molecule has 1 N–H and O–H groups in total. The third kappa shape index (κ3) is 3.86. The second-order valence-electron chi connectivity index (χ2n) is 5.65. The highest BCUT2D eigenvalue weighted by atomic mass is 16.2. The standard InChI is InChI=1S/C18H23NO2/c1-3-19(13-15-6-4-7-15)18(21)17-12-14(2)9-10-16(17)8-5-11-20/h9-10,12,15,20H,3-4,6-7,11,13H2,1-2H3. The second-order valence-corrected chi connectivity index (χ2v) is 5.65. The van der Waals surface area contributed by atoms with E-state index in [1.165, 1.54) is 19.3 Å². The summed E-state index contributed by atoms with van der Waals surface area (Å²) in [6, 6.07) is 5.70. The number of aliphatic hydroxyl groups is 1. The van der Waals surface area contributed by atoms with Gasteiger partial charge < -0.3 is 10.0 Å². The van der Waals surface area contributed by atoms with Gasteiger partial charge in [-0.15, -0.1) is 0 Å². The van der Waals surface area contributed by atoms with Crippen molar-refractivity contribution in [3.8, 4) is 11.8 Å². The highest BCUT2D eigenvalue weighted by Crippen LogP contribution is 2.27. The molecule has 0 bridgehead atoms. The fourth-order valence-corrected chi connectivity index (χ4v) is 2.59. The molecule has 21 heavy (non-hydrogen) atoms. The van der Waals surface area contributed by atoms with E-state index in [1.54, 1.807) is 0 Å². The first kappa shape index (κ1) is 15.6. The average molecular weight is 285 g/mol. The van der Waals surface area contributed by atoms with Crippen LogP contribution in [0.15, 0.2) is 18.2 Å². The molecule has 2 rings (SSSR count). The SMILES string of the molecule is CCN(CC1CCC1)C(=O)c1cc(C)ccc1C#CCO. The van der Waals surface area contributed by atoms with Gasteiger partial charge in [-0.25, -0.2) is 0 Å². The van der Waals surface area contributed by atoms with E-state index in [-0.39, 0.29) is 12.5 Å². The Morgan fingerprint density at radius 1 is 1.43 bits per heavy atom. The van der Waals surface area contributed by atoms with Gasteiger partial charge in [0.2, 0.25) is 0 Å². The summed E-state index contributed by atoms with van der Waals surface area (Å²) < 4.78 is 0. The third-order valence-corrected chi connectivity index (χ3v) is 4.08. The molecule has 0 aliphatic heterocycles. The molecule has 1 aliphatic rings. The zero-order valence-electron chi connectivity index (χ0n) is 12.9. The molecule has 112 valence electrons. The largest absolute Gasteiger partial charge is 0.384 e. The molecule has 3 nitrogen and oxygen atoms in total. The molecule has 0 saturated heterocycles. The van der Waals surface area contributed by atoms with Crippen LogP contribution in [0.1, 0.15) is 47.7 Å². The normalized spacial score (nSPS) is 14.0. The summed E-state index contributed by atoms with van der Waals surface area (Å²) >= 11 is 0. The summed E-state index contributed by atoms with van der Waals surface area (Å²) in [5.74, 6) is 6.23. The molecule has 1 saturated carbocycles. The number of aryl methyl sites for hydroxylation is 1. The predicted octanol–water partition coefficient (Wildman–Crippen LogP) is 2.60. The van der Waals surface area contributed by atoms with Gasteiger partial charge in [0.05, 0.1) is 5.56 Å². The molecule has 0 aromatic heterocycles. The van der Waals surface area contributed by atoms with Crippen LogP contribution in [0.4, 0.5) is 0 Å². The van der Waals surface area contributed by atoms with Crippen LogP contribution < -0.4 is 0 Å². The van der Waals surface area contributed by atoms with Crippen molar-refractivity contribution in [1.29, 1.82) is 0 Å². The minimum absolute atomic E-state index is 0.0512. The highest BCUT2D eigenvalue weighted by molar-refractivity contribution is 5.97. The Morgan fingerprint density at radius 2 is 2.19 bits per heavy atom. The van der Waals surface area contributed by atoms with Crippen molar-refractivity contribution in [3.63, 3.8) is 0 Å². The van der Waals surface area contributed by atoms with Gasteiger partial charge in [-0.2, -0.15) is 0 Å². The van der Waals surface area contributed by atoms with Crippen LogP contribution in [0.5, 0.6) is 0 Å². The van der Waals surface area contributed by atoms with Crippen molar-refractivity contribution in [2.45, 2.75) is 33.1 Å². The summed E-state index contributed by atoms with van der Waals surface area (Å²) in [4.78, 5) is 14.7. The molecule has 1 aromatic carbocycles. The van der Waals surface area contributed by atoms with Crippen LogP contribution in [0.2, 0.25) is 0 Å². The predicted molar refractivity (Wildman–Crippen MR) is 84.1 cm³/mol. The Kier molecular flexibility index (Phi) is 5.41. The number of nitrogens with zero attached hydrogens (tertiary/aromatic N) is 1. The van der Waals surface area contributed by atoms with Gasteiger partial charge in [0, 0.05) is 18.7 Å². The number of carbonyl (C=O) groups excluding carboxylic acids is 1. The number of hydrogen-bond acceptors (Lipinski definition) is 2. The van der Waals surface area contributed by atoms with E-state index in [0.29, 0.717) is 17.0 Å². The fourth-order valence-electron chi connectivity index (χ4n) is 2.59. The van der Waals surface area contributed by atoms with Crippen LogP contribution in [0.25, 0.3) is 0 Å². The smallest absolute Gasteiger partial charge is 0.255 e. The quantitative estimate of drug-likeness (QED) is 0.864. The summed E-state index contributed by atoms with van der Waals surface area (Å²) in [6.45, 7) is 5.36. The van der Waals surface area contributed by atoms with E-state index in [4.69, 9.17) is 5.11 Å². The molecule has 0 heterocycles. The summed E-state index contributed by atoms with van der Waals surface area (Å²) in [5, 5.41) is 8.86. The zero-order valence-corrected chi connectivity index (χ0v) is 12.9. The number of benzene rings is 1. The first-order valence-corrected chi connectivity index (χ1v) is 7.65. The molecular formula is C18H23NO2. The third-order valence-electron chi connectivity index (χ3n) is 4.08. The first-order chi connectivity index (χ1) is 10.2. The molecule has 0 unspecified atom stereocenters. The van der Waals surface area contributed by atoms with E-state index in [0.717, 1.165) is 18.7 Å². The number of carbonyl (C=O) groups is 1. The molecular weight excluding hydrogens is 262 g/mol. The summed E-state index contributed by atoms with van der Waals surface area (Å²) in [7, 11) is 0. The van der Waals surface area contributed by atoms with Crippen LogP contribution in [-0.2, 0) is 0 Å². The van der Waals surface area contributed by atoms with Crippen molar-refractivity contribution in [3.05, 3.63) is 34.9 Å². The van der Waals surface area contributed by atoms with Gasteiger partial charge in [-0.1, -0.05) is 29.9 Å². The number of hydrogen-bond donors (Lipinski definition) is 1. The van der Waals surface area contributed by atoms with Crippen LogP contribution in [0.3, 0.4) is 0 Å². The molecule has 1 amide bonds. The van der Waals surface area contributed by atoms with Gasteiger partial charge >= 0.3 is 0 Å². The van der Waals surface area contributed by atoms with Crippen molar-refractivity contribution < 1.29 is 9.90 Å². The molecule has 1 aliphatic carbocycles. The Labute approximate surface area is 127 Å². The highest BCUT2D eigenvalue weighted by Gasteiger charge is 2.24. The Hall–Kier alpha value is -1.79. The van der Waals surface area contributed by atoms with Crippen molar-refractivity contribution in [2.24, 2.45) is 5.92 Å². The molecule has 3 heteroatoms. The Balaban J connectivity index is 2.24. The number of aliphatic hydroxyl groups excluding tert-OH is 1. The van der Waals surface area contributed by atoms with Crippen molar-refractivity contribution in [2.75, 3.05) is 19.7 Å². The van der Waals surface area contributed by atoms with Crippen LogP contribution >= 0.6 is 0 Å². The van der Waals surface area contributed by atoms with Gasteiger partial charge in [0.15, 0.2) is 0 Å². The van der Waals surface area contributed by atoms with Gasteiger partial charge in [-0.05, 0) is 44.7 Å². The second kappa shape index (κ2) is 7.28. The monoisotopic (exact) mass is 285 g/mol. The van der Waals surface area contributed by atoms with Crippen LogP contribution in [-0.4, -0.2) is 35.6 Å². The van der Waals surface area contributed by atoms with E-state index < -0.39 is 0 Å². The van der Waals surface area contributed by atoms with E-state index in [1.807, 2.05) is 36.9 Å². The Morgan fingerprint density at radius 3 is 2.76 bits per heavy atom. The Bertz CT molecular complexity index is 564. The van der Waals surface area contributed by atoms with Crippen LogP contribution in [0, 0.1) is 24.7 Å². The maximum absolute atomic E-state index is 12.8. The summed E-state index contributed by atoms with van der Waals surface area (Å²) in [5.41, 5.74) is 2.40. The van der Waals surface area contributed by atoms with E-state index in [2.05, 4.69) is 11.8 Å². The van der Waals surface area contributed by atoms with Gasteiger partial charge in [0.25, 0.3) is 5.91 Å². The lowest BCUT2D eigenvalue weighted by Crippen LogP contribution is -2.37. The molecule has 0 spiro atoms. The topological polar surface area (TPSA) is 40.5 Å². The minimum Gasteiger partial charge on any atom is -0.384 e. The average Bonchev–Trinajstić information content (AvgIpc) is 2.44. The van der Waals surface area contributed by atoms with Gasteiger partial charge in [0.1, 0.15) is 6.61 Å². The first-order valence-electron chi connectivity index (χ1n) is 7.65. The summed E-state index contributed by atoms with van der Waals surface area (Å²) in [6.07, 6.45) is 3.75. The van der Waals surface area contributed by atoms with E-state index >= 15 is 0 Å². The maximum atomic E-state index is 12.8. The van der Waals surface area contributed by atoms with E-state index in [9.17, 15) is 4.79 Å². The molecule has 0 radical (unpaired) electrons. The maximum Gasteiger partial charge on any atom is 0.255 e. The van der Waals surface area contributed by atoms with Gasteiger partial charge in [-0.3, -0.25) is 4.79 Å². The lowest BCUT2D eigenvalue weighted by Gasteiger charge is -2.32. The number of amides is 1. The molecule has 1 fully saturated rings. The number of rotatable bonds is 4. The fraction of sp³-hybridized carbons (Fsp3) is 0.500. The lowest BCUT2D eigenvalue weighted by atomic mass is 9.85.